The summed E-state index contributed by atoms with van der Waals surface area (Å²) in [6, 6.07) is 13.1. The van der Waals surface area contributed by atoms with Crippen LogP contribution in [0.2, 0.25) is 0 Å². The van der Waals surface area contributed by atoms with Crippen LogP contribution in [0, 0.1) is 13.8 Å². The number of hydrogen-bond donors (Lipinski definition) is 0. The molecule has 7 nitrogen and oxygen atoms in total. The van der Waals surface area contributed by atoms with Gasteiger partial charge >= 0.3 is 0 Å². The van der Waals surface area contributed by atoms with Crippen molar-refractivity contribution in [2.45, 2.75) is 63.9 Å². The molecule has 2 aliphatic heterocycles. The first-order chi connectivity index (χ1) is 17.5. The molecule has 5 heterocycles. The maximum Gasteiger partial charge on any atom is 0.216 e. The Balaban J connectivity index is 1.28. The van der Waals surface area contributed by atoms with Gasteiger partial charge in [-0.05, 0) is 73.1 Å². The summed E-state index contributed by atoms with van der Waals surface area (Å²) >= 11 is -1.24. The third kappa shape index (κ3) is 4.07. The molecule has 2 unspecified atom stereocenters. The van der Waals surface area contributed by atoms with Crippen molar-refractivity contribution in [3.8, 4) is 0 Å². The van der Waals surface area contributed by atoms with Crippen molar-refractivity contribution in [1.82, 2.24) is 23.9 Å². The lowest BCUT2D eigenvalue weighted by molar-refractivity contribution is 0.382. The van der Waals surface area contributed by atoms with Crippen molar-refractivity contribution in [3.05, 3.63) is 82.4 Å². The first-order valence-electron chi connectivity index (χ1n) is 12.8. The van der Waals surface area contributed by atoms with Crippen LogP contribution in [0.4, 0.5) is 5.82 Å². The molecular formula is C28H32N6OS. The summed E-state index contributed by atoms with van der Waals surface area (Å²) in [5, 5.41) is 8.76. The molecule has 0 bridgehead atoms. The summed E-state index contributed by atoms with van der Waals surface area (Å²) in [4.78, 5) is 7.82. The summed E-state index contributed by atoms with van der Waals surface area (Å²) < 4.78 is 17.9. The van der Waals surface area contributed by atoms with Crippen molar-refractivity contribution >= 4 is 22.8 Å². The van der Waals surface area contributed by atoms with Gasteiger partial charge in [0.05, 0.1) is 24.5 Å². The molecule has 0 amide bonds. The van der Waals surface area contributed by atoms with E-state index in [1.165, 1.54) is 27.8 Å². The van der Waals surface area contributed by atoms with E-state index in [1.54, 1.807) is 0 Å². The molecule has 0 aliphatic carbocycles. The van der Waals surface area contributed by atoms with Crippen LogP contribution in [0.1, 0.15) is 53.4 Å². The molecule has 0 saturated carbocycles. The fourth-order valence-corrected chi connectivity index (χ4v) is 6.98. The highest BCUT2D eigenvalue weighted by molar-refractivity contribution is 7.89. The maximum atomic E-state index is 13.7. The molecule has 2 aliphatic rings. The monoisotopic (exact) mass is 500 g/mol. The minimum Gasteiger partial charge on any atom is -0.593 e. The van der Waals surface area contributed by atoms with Gasteiger partial charge in [0, 0.05) is 37.5 Å². The van der Waals surface area contributed by atoms with Crippen LogP contribution in [0.3, 0.4) is 0 Å². The zero-order valence-corrected chi connectivity index (χ0v) is 22.0. The zero-order chi connectivity index (χ0) is 24.8. The molecule has 2 atom stereocenters. The van der Waals surface area contributed by atoms with Crippen LogP contribution in [-0.4, -0.2) is 47.6 Å². The smallest absolute Gasteiger partial charge is 0.216 e. The summed E-state index contributed by atoms with van der Waals surface area (Å²) in [6.07, 6.45) is 7.87. The molecule has 8 heteroatoms. The largest absolute Gasteiger partial charge is 0.593 e. The predicted octanol–water partition coefficient (Wildman–Crippen LogP) is 4.40. The number of benzene rings is 1. The molecule has 4 aromatic rings. The Kier molecular flexibility index (Phi) is 6.19. The summed E-state index contributed by atoms with van der Waals surface area (Å²) in [6.45, 7) is 8.82. The van der Waals surface area contributed by atoms with E-state index in [2.05, 4.69) is 80.0 Å². The highest BCUT2D eigenvalue weighted by atomic mass is 32.2. The van der Waals surface area contributed by atoms with Gasteiger partial charge in [-0.25, -0.2) is 4.98 Å². The fourth-order valence-electron chi connectivity index (χ4n) is 5.62. The SMILES string of the molecule is CCc1nnc2c(C)c(Cc3ccc(C)c(CN4CC5CCCN5c5ncccc5[S+]4[O-])c3)ccn12. The number of rotatable bonds is 5. The fraction of sp³-hybridized carbons (Fsp3) is 0.393. The van der Waals surface area contributed by atoms with Gasteiger partial charge in [0.2, 0.25) is 4.90 Å². The lowest BCUT2D eigenvalue weighted by Gasteiger charge is -2.25. The Morgan fingerprint density at radius 2 is 2.00 bits per heavy atom. The van der Waals surface area contributed by atoms with Crippen LogP contribution in [0.25, 0.3) is 5.65 Å². The van der Waals surface area contributed by atoms with Crippen molar-refractivity contribution in [1.29, 1.82) is 0 Å². The van der Waals surface area contributed by atoms with Gasteiger partial charge in [0.15, 0.2) is 11.5 Å². The Hall–Kier alpha value is -2.94. The lowest BCUT2D eigenvalue weighted by atomic mass is 9.98. The number of hydrogen-bond acceptors (Lipinski definition) is 6. The van der Waals surface area contributed by atoms with E-state index in [0.717, 1.165) is 61.0 Å². The topological polar surface area (TPSA) is 72.6 Å². The quantitative estimate of drug-likeness (QED) is 0.378. The third-order valence-electron chi connectivity index (χ3n) is 7.72. The van der Waals surface area contributed by atoms with E-state index in [9.17, 15) is 4.55 Å². The maximum absolute atomic E-state index is 13.7. The second-order valence-electron chi connectivity index (χ2n) is 9.95. The summed E-state index contributed by atoms with van der Waals surface area (Å²) in [5.41, 5.74) is 7.07. The molecule has 0 radical (unpaired) electrons. The number of pyridine rings is 2. The second-order valence-corrected chi connectivity index (χ2v) is 11.4. The predicted molar refractivity (Wildman–Crippen MR) is 143 cm³/mol. The van der Waals surface area contributed by atoms with Gasteiger partial charge in [0.25, 0.3) is 0 Å². The van der Waals surface area contributed by atoms with Crippen molar-refractivity contribution < 1.29 is 4.55 Å². The molecule has 6 rings (SSSR count). The van der Waals surface area contributed by atoms with Gasteiger partial charge in [0.1, 0.15) is 5.82 Å². The molecule has 0 spiro atoms. The number of aryl methyl sites for hydroxylation is 3. The van der Waals surface area contributed by atoms with Crippen LogP contribution < -0.4 is 4.90 Å². The molecule has 1 saturated heterocycles. The molecule has 3 aromatic heterocycles. The molecular weight excluding hydrogens is 468 g/mol. The number of anilines is 1. The van der Waals surface area contributed by atoms with Gasteiger partial charge in [-0.2, -0.15) is 0 Å². The molecule has 186 valence electrons. The van der Waals surface area contributed by atoms with Gasteiger partial charge in [-0.15, -0.1) is 14.5 Å². The lowest BCUT2D eigenvalue weighted by Crippen LogP contribution is -2.39. The normalized spacial score (nSPS) is 19.9. The first kappa shape index (κ1) is 23.5. The Morgan fingerprint density at radius 3 is 2.86 bits per heavy atom. The average molecular weight is 501 g/mol. The van der Waals surface area contributed by atoms with E-state index in [-0.39, 0.29) is 0 Å². The van der Waals surface area contributed by atoms with Crippen LogP contribution in [0.5, 0.6) is 0 Å². The van der Waals surface area contributed by atoms with Crippen molar-refractivity contribution in [2.75, 3.05) is 18.0 Å². The van der Waals surface area contributed by atoms with E-state index >= 15 is 0 Å². The van der Waals surface area contributed by atoms with E-state index < -0.39 is 11.4 Å². The molecule has 36 heavy (non-hydrogen) atoms. The highest BCUT2D eigenvalue weighted by Crippen LogP contribution is 2.36. The van der Waals surface area contributed by atoms with Gasteiger partial charge in [-0.3, -0.25) is 4.40 Å². The minimum absolute atomic E-state index is 0.360. The van der Waals surface area contributed by atoms with E-state index in [0.29, 0.717) is 12.6 Å². The average Bonchev–Trinajstić information content (AvgIpc) is 3.51. The molecule has 1 aromatic carbocycles. The summed E-state index contributed by atoms with van der Waals surface area (Å²) in [7, 11) is 0. The van der Waals surface area contributed by atoms with Gasteiger partial charge < -0.3 is 9.45 Å². The number of nitrogens with zero attached hydrogens (tertiary/aromatic N) is 6. The van der Waals surface area contributed by atoms with E-state index in [4.69, 9.17) is 0 Å². The second kappa shape index (κ2) is 9.50. The van der Waals surface area contributed by atoms with E-state index in [1.807, 2.05) is 18.3 Å². The third-order valence-corrected chi connectivity index (χ3v) is 9.16. The highest BCUT2D eigenvalue weighted by Gasteiger charge is 2.40. The Labute approximate surface area is 215 Å². The number of fused-ring (bicyclic) bond motifs is 4. The van der Waals surface area contributed by atoms with Crippen molar-refractivity contribution in [2.24, 2.45) is 0 Å². The van der Waals surface area contributed by atoms with Gasteiger partial charge in [-0.1, -0.05) is 25.1 Å². The number of aromatic nitrogens is 4. The van der Waals surface area contributed by atoms with Crippen LogP contribution in [0.15, 0.2) is 53.7 Å². The van der Waals surface area contributed by atoms with Crippen molar-refractivity contribution in [3.63, 3.8) is 0 Å². The summed E-state index contributed by atoms with van der Waals surface area (Å²) in [5.74, 6) is 1.89. The minimum atomic E-state index is -1.24. The zero-order valence-electron chi connectivity index (χ0n) is 21.1. The first-order valence-corrected chi connectivity index (χ1v) is 13.9. The van der Waals surface area contributed by atoms with Crippen LogP contribution >= 0.6 is 0 Å². The molecule has 0 N–H and O–H groups in total. The standard InChI is InChI=1S/C28H32N6OS/c1-4-26-30-31-27-20(3)22(11-14-34(26)27)15-21-10-9-19(2)23(16-21)17-32-18-24-7-6-13-33(24)28-25(36(32)35)8-5-12-29-28/h5,8-12,14,16,24H,4,6-7,13,15,17-18H2,1-3H3. The Morgan fingerprint density at radius 1 is 1.11 bits per heavy atom. The Bertz CT molecular complexity index is 1420. The molecule has 1 fully saturated rings. The van der Waals surface area contributed by atoms with Crippen LogP contribution in [-0.2, 0) is 30.7 Å².